The van der Waals surface area contributed by atoms with E-state index in [1.807, 2.05) is 5.92 Å². The van der Waals surface area contributed by atoms with Crippen molar-refractivity contribution in [2.75, 3.05) is 6.61 Å². The summed E-state index contributed by atoms with van der Waals surface area (Å²) in [6, 6.07) is 8.13. The van der Waals surface area contributed by atoms with Gasteiger partial charge in [0.15, 0.2) is 12.4 Å². The maximum atomic E-state index is 15.4. The predicted octanol–water partition coefficient (Wildman–Crippen LogP) is 2.64. The normalized spacial score (nSPS) is 25.7. The molecule has 0 radical (unpaired) electrons. The van der Waals surface area contributed by atoms with Crippen LogP contribution in [-0.4, -0.2) is 57.3 Å². The highest BCUT2D eigenvalue weighted by Crippen LogP contribution is 2.47. The molecule has 2 heterocycles. The number of nitrogens with one attached hydrogen (secondary N) is 2. The molecule has 0 spiro atoms. The zero-order valence-electron chi connectivity index (χ0n) is 20.2. The van der Waals surface area contributed by atoms with Gasteiger partial charge in [-0.15, -0.1) is 6.42 Å². The van der Waals surface area contributed by atoms with Gasteiger partial charge in [-0.1, -0.05) is 36.3 Å². The van der Waals surface area contributed by atoms with E-state index in [1.54, 1.807) is 32.0 Å². The number of aromatic nitrogens is 2. The number of alkyl halides is 1. The molecule has 37 heavy (non-hydrogen) atoms. The molecule has 11 nitrogen and oxygen atoms in total. The van der Waals surface area contributed by atoms with Crippen molar-refractivity contribution < 1.29 is 37.4 Å². The summed E-state index contributed by atoms with van der Waals surface area (Å²) >= 11 is 4.89. The van der Waals surface area contributed by atoms with E-state index < -0.39 is 62.3 Å². The molecule has 0 bridgehead atoms. The average molecular weight is 556 g/mol. The number of terminal acetylenes is 1. The summed E-state index contributed by atoms with van der Waals surface area (Å²) in [5.74, 6) is 1.35. The topological polar surface area (TPSA) is 141 Å². The van der Waals surface area contributed by atoms with E-state index in [0.29, 0.717) is 0 Å². The molecule has 1 aromatic carbocycles. The number of benzene rings is 1. The molecule has 1 aliphatic heterocycles. The summed E-state index contributed by atoms with van der Waals surface area (Å²) in [6.07, 6.45) is 0.678. The van der Waals surface area contributed by atoms with Gasteiger partial charge in [0.25, 0.3) is 0 Å². The minimum Gasteiger partial charge on any atom is -0.462 e. The van der Waals surface area contributed by atoms with Crippen LogP contribution in [-0.2, 0) is 23.4 Å². The molecule has 0 aliphatic carbocycles. The molecule has 1 fully saturated rings. The fourth-order valence-corrected chi connectivity index (χ4v) is 5.08. The molecule has 0 amide bonds. The van der Waals surface area contributed by atoms with Gasteiger partial charge in [-0.2, -0.15) is 5.09 Å². The highest BCUT2D eigenvalue weighted by Gasteiger charge is 2.57. The van der Waals surface area contributed by atoms with Gasteiger partial charge >= 0.3 is 19.4 Å². The third-order valence-electron chi connectivity index (χ3n) is 5.20. The Kier molecular flexibility index (Phi) is 9.07. The lowest BCUT2D eigenvalue weighted by Gasteiger charge is -2.25. The Balaban J connectivity index is 1.84. The highest BCUT2D eigenvalue weighted by atomic mass is 32.1. The molecule has 3 N–H and O–H groups in total. The van der Waals surface area contributed by atoms with Crippen LogP contribution in [0.1, 0.15) is 27.0 Å². The molecule has 0 saturated carbocycles. The van der Waals surface area contributed by atoms with E-state index in [-0.39, 0.29) is 10.4 Å². The van der Waals surface area contributed by atoms with Crippen LogP contribution in [0, 0.1) is 17.0 Å². The lowest BCUT2D eigenvalue weighted by molar-refractivity contribution is -0.149. The second-order valence-corrected chi connectivity index (χ2v) is 10.6. The van der Waals surface area contributed by atoms with E-state index in [0.717, 1.165) is 4.57 Å². The smallest absolute Gasteiger partial charge is 0.459 e. The first-order chi connectivity index (χ1) is 17.4. The minimum atomic E-state index is -4.35. The standard InChI is InChI=1S/C23H27FN3O8PS/c1-5-23(30)19(24)17(34-21(23)27-12-11-18(37)25-22(27)29)13-32-36(31,35-16-9-7-6-8-10-16)26-15(4)20(28)33-14(2)3/h1,6-12,14-15,17,19,21,30H,13H2,2-4H3,(H,26,31)(H,25,29,37)/t15-,17+,19?,21+,23+,36?/m0/s1. The maximum Gasteiger partial charge on any atom is 0.459 e. The zero-order valence-corrected chi connectivity index (χ0v) is 21.9. The quantitative estimate of drug-likeness (QED) is 0.173. The fraction of sp³-hybridized carbons (Fsp3) is 0.435. The average Bonchev–Trinajstić information content (AvgIpc) is 3.08. The largest absolute Gasteiger partial charge is 0.462 e. The number of carbonyl (C=O) groups excluding carboxylic acids is 1. The Hall–Kier alpha value is -2.85. The molecular weight excluding hydrogens is 528 g/mol. The third-order valence-corrected chi connectivity index (χ3v) is 7.08. The van der Waals surface area contributed by atoms with E-state index in [4.69, 9.17) is 37.2 Å². The van der Waals surface area contributed by atoms with Gasteiger partial charge in [0.05, 0.1) is 12.7 Å². The van der Waals surface area contributed by atoms with Crippen LogP contribution in [0.4, 0.5) is 4.39 Å². The number of hydrogen-bond acceptors (Lipinski definition) is 9. The van der Waals surface area contributed by atoms with Gasteiger partial charge in [0.1, 0.15) is 22.5 Å². The number of aliphatic hydroxyl groups is 1. The van der Waals surface area contributed by atoms with Crippen LogP contribution in [0.2, 0.25) is 0 Å². The van der Waals surface area contributed by atoms with Crippen molar-refractivity contribution >= 4 is 25.9 Å². The zero-order chi connectivity index (χ0) is 27.4. The van der Waals surface area contributed by atoms with Gasteiger partial charge in [-0.05, 0) is 39.0 Å². The summed E-state index contributed by atoms with van der Waals surface area (Å²) in [4.78, 5) is 26.9. The first kappa shape index (κ1) is 28.7. The monoisotopic (exact) mass is 555 g/mol. The molecule has 1 aromatic heterocycles. The molecule has 1 aliphatic rings. The van der Waals surface area contributed by atoms with Crippen molar-refractivity contribution in [3.8, 4) is 18.1 Å². The van der Waals surface area contributed by atoms with Crippen molar-refractivity contribution in [3.63, 3.8) is 0 Å². The number of H-pyrrole nitrogens is 1. The summed E-state index contributed by atoms with van der Waals surface area (Å²) in [6.45, 7) is 3.95. The molecule has 1 saturated heterocycles. The Morgan fingerprint density at radius 3 is 2.65 bits per heavy atom. The second-order valence-electron chi connectivity index (χ2n) is 8.45. The highest BCUT2D eigenvalue weighted by molar-refractivity contribution is 7.71. The number of para-hydroxylation sites is 1. The van der Waals surface area contributed by atoms with Gasteiger partial charge in [-0.3, -0.25) is 18.9 Å². The predicted molar refractivity (Wildman–Crippen MR) is 133 cm³/mol. The number of carbonyl (C=O) groups is 1. The fourth-order valence-electron chi connectivity index (χ4n) is 3.43. The van der Waals surface area contributed by atoms with Gasteiger partial charge in [0, 0.05) is 6.20 Å². The summed E-state index contributed by atoms with van der Waals surface area (Å²) in [7, 11) is -4.35. The Morgan fingerprint density at radius 1 is 1.38 bits per heavy atom. The number of hydrogen-bond donors (Lipinski definition) is 3. The van der Waals surface area contributed by atoms with Crippen LogP contribution in [0.3, 0.4) is 0 Å². The van der Waals surface area contributed by atoms with Gasteiger partial charge in [-0.25, -0.2) is 13.8 Å². The summed E-state index contributed by atoms with van der Waals surface area (Å²) in [5.41, 5.74) is -3.36. The first-order valence-electron chi connectivity index (χ1n) is 11.2. The maximum absolute atomic E-state index is 15.4. The van der Waals surface area contributed by atoms with E-state index >= 15 is 4.39 Å². The number of ether oxygens (including phenoxy) is 2. The molecule has 14 heteroatoms. The van der Waals surface area contributed by atoms with Gasteiger partial charge in [0.2, 0.25) is 5.60 Å². The van der Waals surface area contributed by atoms with Crippen LogP contribution in [0.5, 0.6) is 5.75 Å². The van der Waals surface area contributed by atoms with Crippen LogP contribution < -0.4 is 15.3 Å². The van der Waals surface area contributed by atoms with E-state index in [1.165, 1.54) is 31.3 Å². The van der Waals surface area contributed by atoms with E-state index in [9.17, 15) is 19.3 Å². The van der Waals surface area contributed by atoms with Crippen molar-refractivity contribution in [3.05, 3.63) is 57.7 Å². The number of esters is 1. The molecule has 6 atom stereocenters. The third kappa shape index (κ3) is 6.73. The van der Waals surface area contributed by atoms with Crippen LogP contribution in [0.25, 0.3) is 0 Å². The van der Waals surface area contributed by atoms with Crippen LogP contribution in [0.15, 0.2) is 47.4 Å². The molecule has 3 rings (SSSR count). The summed E-state index contributed by atoms with van der Waals surface area (Å²) < 4.78 is 51.5. The molecular formula is C23H27FN3O8PS. The Morgan fingerprint density at radius 2 is 2.05 bits per heavy atom. The molecule has 200 valence electrons. The van der Waals surface area contributed by atoms with Crippen molar-refractivity contribution in [2.45, 2.75) is 57.0 Å². The number of halogens is 1. The van der Waals surface area contributed by atoms with Crippen molar-refractivity contribution in [1.29, 1.82) is 0 Å². The van der Waals surface area contributed by atoms with Crippen molar-refractivity contribution in [1.82, 2.24) is 14.6 Å². The first-order valence-corrected chi connectivity index (χ1v) is 13.1. The molecule has 2 unspecified atom stereocenters. The number of aromatic amines is 1. The van der Waals surface area contributed by atoms with Gasteiger partial charge < -0.3 is 19.1 Å². The lowest BCUT2D eigenvalue weighted by Crippen LogP contribution is -2.45. The molecule has 2 aromatic rings. The number of rotatable bonds is 10. The van der Waals surface area contributed by atoms with Crippen molar-refractivity contribution in [2.24, 2.45) is 0 Å². The SMILES string of the molecule is C#C[C@@]1(O)C(F)[C@@H](COP(=O)(N[C@@H](C)C(=O)OC(C)C)Oc2ccccc2)O[C@H]1n1ccc(=S)[nH]c1=O. The Bertz CT molecular complexity index is 1310. The van der Waals surface area contributed by atoms with E-state index in [2.05, 4.69) is 10.1 Å². The van der Waals surface area contributed by atoms with Crippen LogP contribution >= 0.6 is 20.0 Å². The minimum absolute atomic E-state index is 0.107. The second kappa shape index (κ2) is 11.7. The lowest BCUT2D eigenvalue weighted by atomic mass is 9.96. The number of nitrogens with zero attached hydrogens (tertiary/aromatic N) is 1. The Labute approximate surface area is 217 Å². The summed E-state index contributed by atoms with van der Waals surface area (Å²) in [5, 5.41) is 13.3.